The molecule has 0 radical (unpaired) electrons. The van der Waals surface area contributed by atoms with Crippen LogP contribution in [0.2, 0.25) is 5.02 Å². The minimum atomic E-state index is 0.110. The lowest BCUT2D eigenvalue weighted by Crippen LogP contribution is -2.23. The van der Waals surface area contributed by atoms with Crippen molar-refractivity contribution in [2.75, 3.05) is 13.2 Å². The van der Waals surface area contributed by atoms with Crippen LogP contribution in [0, 0.1) is 13.8 Å². The fourth-order valence-corrected chi connectivity index (χ4v) is 2.84. The predicted octanol–water partition coefficient (Wildman–Crippen LogP) is 3.17. The van der Waals surface area contributed by atoms with Crippen LogP contribution in [0.1, 0.15) is 29.4 Å². The lowest BCUT2D eigenvalue weighted by molar-refractivity contribution is 0.265. The SMILES string of the molecule is CCN(Cc1ccccc1Cl)Cc1c(C)nn(CCO)c1C. The van der Waals surface area contributed by atoms with Gasteiger partial charge in [-0.1, -0.05) is 36.7 Å². The third-order valence-corrected chi connectivity index (χ3v) is 4.39. The molecule has 0 amide bonds. The van der Waals surface area contributed by atoms with Crippen LogP contribution < -0.4 is 0 Å². The van der Waals surface area contributed by atoms with Gasteiger partial charge in [-0.25, -0.2) is 0 Å². The van der Waals surface area contributed by atoms with Crippen molar-refractivity contribution < 1.29 is 5.11 Å². The van der Waals surface area contributed by atoms with Crippen molar-refractivity contribution in [3.8, 4) is 0 Å². The molecule has 1 heterocycles. The lowest BCUT2D eigenvalue weighted by Gasteiger charge is -2.21. The van der Waals surface area contributed by atoms with E-state index in [1.807, 2.05) is 29.8 Å². The van der Waals surface area contributed by atoms with E-state index in [4.69, 9.17) is 16.7 Å². The molecule has 0 spiro atoms. The number of halogens is 1. The number of rotatable bonds is 7. The highest BCUT2D eigenvalue weighted by molar-refractivity contribution is 6.31. The van der Waals surface area contributed by atoms with E-state index in [1.54, 1.807) is 0 Å². The predicted molar refractivity (Wildman–Crippen MR) is 90.0 cm³/mol. The lowest BCUT2D eigenvalue weighted by atomic mass is 10.1. The highest BCUT2D eigenvalue weighted by atomic mass is 35.5. The molecular weight excluding hydrogens is 298 g/mol. The van der Waals surface area contributed by atoms with Crippen molar-refractivity contribution in [1.29, 1.82) is 0 Å². The van der Waals surface area contributed by atoms with Gasteiger partial charge in [-0.05, 0) is 32.0 Å². The van der Waals surface area contributed by atoms with E-state index in [2.05, 4.69) is 29.9 Å². The van der Waals surface area contributed by atoms with Crippen LogP contribution in [0.25, 0.3) is 0 Å². The molecule has 2 rings (SSSR count). The Morgan fingerprint density at radius 3 is 2.59 bits per heavy atom. The maximum atomic E-state index is 9.11. The summed E-state index contributed by atoms with van der Waals surface area (Å²) in [6.07, 6.45) is 0. The Morgan fingerprint density at radius 2 is 1.95 bits per heavy atom. The molecule has 1 aromatic heterocycles. The van der Waals surface area contributed by atoms with Crippen molar-refractivity contribution in [1.82, 2.24) is 14.7 Å². The summed E-state index contributed by atoms with van der Waals surface area (Å²) in [6, 6.07) is 7.97. The van der Waals surface area contributed by atoms with E-state index < -0.39 is 0 Å². The summed E-state index contributed by atoms with van der Waals surface area (Å²) in [5, 5.41) is 14.4. The van der Waals surface area contributed by atoms with Gasteiger partial charge < -0.3 is 5.11 Å². The average molecular weight is 322 g/mol. The Balaban J connectivity index is 2.15. The van der Waals surface area contributed by atoms with Gasteiger partial charge in [0.25, 0.3) is 0 Å². The van der Waals surface area contributed by atoms with Crippen LogP contribution in [0.3, 0.4) is 0 Å². The van der Waals surface area contributed by atoms with Crippen molar-refractivity contribution in [2.24, 2.45) is 0 Å². The zero-order valence-electron chi connectivity index (χ0n) is 13.5. The standard InChI is InChI=1S/C17H24ClN3O/c1-4-20(11-15-7-5-6-8-17(15)18)12-16-13(2)19-21(9-10-22)14(16)3/h5-8,22H,4,9-12H2,1-3H3. The van der Waals surface area contributed by atoms with Crippen LogP contribution in [0.15, 0.2) is 24.3 Å². The van der Waals surface area contributed by atoms with E-state index in [0.717, 1.165) is 41.6 Å². The molecule has 120 valence electrons. The minimum Gasteiger partial charge on any atom is -0.394 e. The first kappa shape index (κ1) is 17.0. The van der Waals surface area contributed by atoms with Crippen LogP contribution in [-0.4, -0.2) is 32.9 Å². The summed E-state index contributed by atoms with van der Waals surface area (Å²) >= 11 is 6.27. The normalized spacial score (nSPS) is 11.4. The average Bonchev–Trinajstić information content (AvgIpc) is 2.76. The molecule has 0 saturated heterocycles. The van der Waals surface area contributed by atoms with E-state index >= 15 is 0 Å². The van der Waals surface area contributed by atoms with Crippen LogP contribution in [0.4, 0.5) is 0 Å². The maximum absolute atomic E-state index is 9.11. The molecule has 1 N–H and O–H groups in total. The highest BCUT2D eigenvalue weighted by Gasteiger charge is 2.15. The molecule has 0 aliphatic heterocycles. The Bertz CT molecular complexity index is 624. The maximum Gasteiger partial charge on any atom is 0.0644 e. The van der Waals surface area contributed by atoms with Crippen molar-refractivity contribution in [2.45, 2.75) is 40.4 Å². The Labute approximate surface area is 137 Å². The summed E-state index contributed by atoms with van der Waals surface area (Å²) < 4.78 is 1.88. The van der Waals surface area contributed by atoms with Gasteiger partial charge in [0.2, 0.25) is 0 Å². The van der Waals surface area contributed by atoms with Crippen LogP contribution >= 0.6 is 11.6 Å². The first-order chi connectivity index (χ1) is 10.6. The molecule has 22 heavy (non-hydrogen) atoms. The molecule has 2 aromatic rings. The quantitative estimate of drug-likeness (QED) is 0.851. The van der Waals surface area contributed by atoms with E-state index in [1.165, 1.54) is 5.56 Å². The molecule has 5 heteroatoms. The fourth-order valence-electron chi connectivity index (χ4n) is 2.65. The molecular formula is C17H24ClN3O. The third kappa shape index (κ3) is 3.88. The van der Waals surface area contributed by atoms with Crippen molar-refractivity contribution >= 4 is 11.6 Å². The van der Waals surface area contributed by atoms with E-state index in [-0.39, 0.29) is 6.61 Å². The number of hydrogen-bond acceptors (Lipinski definition) is 3. The van der Waals surface area contributed by atoms with E-state index in [9.17, 15) is 0 Å². The van der Waals surface area contributed by atoms with Gasteiger partial charge in [-0.15, -0.1) is 0 Å². The summed E-state index contributed by atoms with van der Waals surface area (Å²) in [7, 11) is 0. The number of aryl methyl sites for hydroxylation is 1. The van der Waals surface area contributed by atoms with Crippen LogP contribution in [-0.2, 0) is 19.6 Å². The Morgan fingerprint density at radius 1 is 1.23 bits per heavy atom. The largest absolute Gasteiger partial charge is 0.394 e. The zero-order chi connectivity index (χ0) is 16.1. The molecule has 0 atom stereocenters. The number of hydrogen-bond donors (Lipinski definition) is 1. The number of aromatic nitrogens is 2. The van der Waals surface area contributed by atoms with Gasteiger partial charge in [0.05, 0.1) is 18.8 Å². The van der Waals surface area contributed by atoms with Crippen molar-refractivity contribution in [3.05, 3.63) is 51.8 Å². The summed E-state index contributed by atoms with van der Waals surface area (Å²) in [6.45, 7) is 9.50. The molecule has 0 saturated carbocycles. The molecule has 0 fully saturated rings. The fraction of sp³-hybridized carbons (Fsp3) is 0.471. The number of aliphatic hydroxyl groups excluding tert-OH is 1. The topological polar surface area (TPSA) is 41.3 Å². The molecule has 0 aliphatic carbocycles. The first-order valence-corrected chi connectivity index (χ1v) is 8.04. The number of aliphatic hydroxyl groups is 1. The minimum absolute atomic E-state index is 0.110. The second-order valence-electron chi connectivity index (χ2n) is 5.49. The molecule has 0 bridgehead atoms. The molecule has 0 aliphatic rings. The number of benzene rings is 1. The second kappa shape index (κ2) is 7.77. The molecule has 4 nitrogen and oxygen atoms in total. The first-order valence-electron chi connectivity index (χ1n) is 7.66. The van der Waals surface area contributed by atoms with Gasteiger partial charge in [-0.2, -0.15) is 5.10 Å². The third-order valence-electron chi connectivity index (χ3n) is 4.02. The summed E-state index contributed by atoms with van der Waals surface area (Å²) in [5.41, 5.74) is 4.54. The van der Waals surface area contributed by atoms with Gasteiger partial charge in [0.15, 0.2) is 0 Å². The van der Waals surface area contributed by atoms with Crippen molar-refractivity contribution in [3.63, 3.8) is 0 Å². The van der Waals surface area contributed by atoms with E-state index in [0.29, 0.717) is 6.54 Å². The summed E-state index contributed by atoms with van der Waals surface area (Å²) in [4.78, 5) is 2.35. The van der Waals surface area contributed by atoms with Gasteiger partial charge in [0, 0.05) is 29.4 Å². The zero-order valence-corrected chi connectivity index (χ0v) is 14.3. The highest BCUT2D eigenvalue weighted by Crippen LogP contribution is 2.20. The van der Waals surface area contributed by atoms with Crippen LogP contribution in [0.5, 0.6) is 0 Å². The Hall–Kier alpha value is -1.36. The van der Waals surface area contributed by atoms with Gasteiger partial charge in [-0.3, -0.25) is 9.58 Å². The molecule has 0 unspecified atom stereocenters. The Kier molecular flexibility index (Phi) is 6.00. The molecule has 1 aromatic carbocycles. The number of nitrogens with zero attached hydrogens (tertiary/aromatic N) is 3. The summed E-state index contributed by atoms with van der Waals surface area (Å²) in [5.74, 6) is 0. The van der Waals surface area contributed by atoms with Gasteiger partial charge in [0.1, 0.15) is 0 Å². The monoisotopic (exact) mass is 321 g/mol. The smallest absolute Gasteiger partial charge is 0.0644 e. The second-order valence-corrected chi connectivity index (χ2v) is 5.90. The van der Waals surface area contributed by atoms with Gasteiger partial charge >= 0.3 is 0 Å².